The lowest BCUT2D eigenvalue weighted by Crippen LogP contribution is -2.45. The Balaban J connectivity index is 1.88. The summed E-state index contributed by atoms with van der Waals surface area (Å²) in [6.07, 6.45) is 2.53. The monoisotopic (exact) mass is 268 g/mol. The summed E-state index contributed by atoms with van der Waals surface area (Å²) in [6.45, 7) is 4.16. The van der Waals surface area contributed by atoms with Crippen LogP contribution in [0.15, 0.2) is 18.2 Å². The van der Waals surface area contributed by atoms with Crippen LogP contribution in [0.1, 0.15) is 24.4 Å². The first-order valence-electron chi connectivity index (χ1n) is 6.65. The maximum absolute atomic E-state index is 13.2. The molecule has 1 saturated carbocycles. The molecule has 0 amide bonds. The number of hydrogen-bond donors (Lipinski definition) is 1. The van der Waals surface area contributed by atoms with Crippen LogP contribution in [-0.4, -0.2) is 31.1 Å². The Bertz CT molecular complexity index is 428. The van der Waals surface area contributed by atoms with Crippen LogP contribution in [0.25, 0.3) is 0 Å². The minimum atomic E-state index is -0.251. The molecule has 0 radical (unpaired) electrons. The van der Waals surface area contributed by atoms with Crippen molar-refractivity contribution in [3.8, 4) is 0 Å². The Hall–Kier alpha value is -0.640. The van der Waals surface area contributed by atoms with Crippen molar-refractivity contribution >= 4 is 11.6 Å². The van der Waals surface area contributed by atoms with E-state index in [1.165, 1.54) is 25.0 Å². The number of halogens is 2. The highest BCUT2D eigenvalue weighted by Crippen LogP contribution is 2.46. The molecule has 1 aromatic rings. The largest absolute Gasteiger partial charge is 0.314 e. The van der Waals surface area contributed by atoms with E-state index in [0.29, 0.717) is 17.0 Å². The smallest absolute Gasteiger partial charge is 0.124 e. The van der Waals surface area contributed by atoms with E-state index in [4.69, 9.17) is 11.6 Å². The molecule has 2 fully saturated rings. The predicted molar refractivity (Wildman–Crippen MR) is 71.3 cm³/mol. The van der Waals surface area contributed by atoms with Crippen molar-refractivity contribution in [2.75, 3.05) is 26.2 Å². The molecule has 18 heavy (non-hydrogen) atoms. The standard InChI is InChI=1S/C14H18ClFN2/c15-13-9-11(16)3-4-12(13)14(10-1-2-10)18-7-5-17-6-8-18/h3-4,9-10,14,17H,1-2,5-8H2/t14-/m1/s1. The normalized spacial score (nSPS) is 23.0. The average Bonchev–Trinajstić information content (AvgIpc) is 3.18. The van der Waals surface area contributed by atoms with Gasteiger partial charge < -0.3 is 5.32 Å². The summed E-state index contributed by atoms with van der Waals surface area (Å²) < 4.78 is 13.2. The van der Waals surface area contributed by atoms with Gasteiger partial charge in [0.05, 0.1) is 0 Å². The molecule has 1 N–H and O–H groups in total. The van der Waals surface area contributed by atoms with Gasteiger partial charge in [-0.05, 0) is 36.5 Å². The van der Waals surface area contributed by atoms with Crippen molar-refractivity contribution in [2.24, 2.45) is 5.92 Å². The van der Waals surface area contributed by atoms with E-state index in [1.807, 2.05) is 6.07 Å². The quantitative estimate of drug-likeness (QED) is 0.907. The molecule has 0 aromatic heterocycles. The van der Waals surface area contributed by atoms with Gasteiger partial charge in [0.15, 0.2) is 0 Å². The van der Waals surface area contributed by atoms with Gasteiger partial charge in [-0.3, -0.25) is 4.90 Å². The summed E-state index contributed by atoms with van der Waals surface area (Å²) in [5, 5.41) is 3.94. The maximum Gasteiger partial charge on any atom is 0.124 e. The number of rotatable bonds is 3. The van der Waals surface area contributed by atoms with Crippen LogP contribution in [0, 0.1) is 11.7 Å². The van der Waals surface area contributed by atoms with Gasteiger partial charge in [-0.15, -0.1) is 0 Å². The van der Waals surface area contributed by atoms with Crippen LogP contribution >= 0.6 is 11.6 Å². The van der Waals surface area contributed by atoms with Gasteiger partial charge in [-0.1, -0.05) is 17.7 Å². The summed E-state index contributed by atoms with van der Waals surface area (Å²) in [5.74, 6) is 0.449. The molecular weight excluding hydrogens is 251 g/mol. The first-order chi connectivity index (χ1) is 8.75. The Morgan fingerprint density at radius 2 is 2.00 bits per heavy atom. The molecule has 2 nitrogen and oxygen atoms in total. The highest BCUT2D eigenvalue weighted by molar-refractivity contribution is 6.31. The Kier molecular flexibility index (Phi) is 3.55. The molecular formula is C14H18ClFN2. The molecule has 0 bridgehead atoms. The maximum atomic E-state index is 13.2. The van der Waals surface area contributed by atoms with Gasteiger partial charge in [0.2, 0.25) is 0 Å². The van der Waals surface area contributed by atoms with Crippen LogP contribution in [-0.2, 0) is 0 Å². The molecule has 98 valence electrons. The fourth-order valence-electron chi connectivity index (χ4n) is 2.86. The second-order valence-electron chi connectivity index (χ2n) is 5.23. The molecule has 1 heterocycles. The lowest BCUT2D eigenvalue weighted by Gasteiger charge is -2.35. The summed E-state index contributed by atoms with van der Waals surface area (Å²) in [5.41, 5.74) is 1.10. The summed E-state index contributed by atoms with van der Waals surface area (Å²) in [7, 11) is 0. The third-order valence-corrected chi connectivity index (χ3v) is 4.22. The molecule has 1 aliphatic heterocycles. The van der Waals surface area contributed by atoms with Gasteiger partial charge in [0.1, 0.15) is 5.82 Å². The van der Waals surface area contributed by atoms with Gasteiger partial charge in [-0.2, -0.15) is 0 Å². The first-order valence-corrected chi connectivity index (χ1v) is 7.03. The number of benzene rings is 1. The van der Waals surface area contributed by atoms with E-state index in [2.05, 4.69) is 10.2 Å². The van der Waals surface area contributed by atoms with E-state index < -0.39 is 0 Å². The van der Waals surface area contributed by atoms with Crippen LogP contribution in [0.2, 0.25) is 5.02 Å². The van der Waals surface area contributed by atoms with Crippen LogP contribution < -0.4 is 5.32 Å². The molecule has 1 saturated heterocycles. The van der Waals surface area contributed by atoms with E-state index >= 15 is 0 Å². The second kappa shape index (κ2) is 5.16. The van der Waals surface area contributed by atoms with Gasteiger partial charge >= 0.3 is 0 Å². The molecule has 0 spiro atoms. The summed E-state index contributed by atoms with van der Waals surface area (Å²) in [4.78, 5) is 2.49. The van der Waals surface area contributed by atoms with E-state index in [1.54, 1.807) is 0 Å². The molecule has 2 aliphatic rings. The van der Waals surface area contributed by atoms with E-state index in [0.717, 1.165) is 31.7 Å². The summed E-state index contributed by atoms with van der Waals surface area (Å²) >= 11 is 6.23. The SMILES string of the molecule is Fc1ccc([C@@H](C2CC2)N2CCNCC2)c(Cl)c1. The second-order valence-corrected chi connectivity index (χ2v) is 5.64. The molecule has 4 heteroatoms. The third kappa shape index (κ3) is 2.53. The average molecular weight is 269 g/mol. The predicted octanol–water partition coefficient (Wildman–Crippen LogP) is 2.84. The van der Waals surface area contributed by atoms with Crippen molar-refractivity contribution in [1.29, 1.82) is 0 Å². The molecule has 1 atom stereocenters. The highest BCUT2D eigenvalue weighted by Gasteiger charge is 2.37. The third-order valence-electron chi connectivity index (χ3n) is 3.89. The molecule has 0 unspecified atom stereocenters. The topological polar surface area (TPSA) is 15.3 Å². The molecule has 3 rings (SSSR count). The van der Waals surface area contributed by atoms with Gasteiger partial charge in [-0.25, -0.2) is 4.39 Å². The van der Waals surface area contributed by atoms with Crippen molar-refractivity contribution in [3.05, 3.63) is 34.6 Å². The Morgan fingerprint density at radius 1 is 1.28 bits per heavy atom. The number of hydrogen-bond acceptors (Lipinski definition) is 2. The molecule has 1 aromatic carbocycles. The number of piperazine rings is 1. The van der Waals surface area contributed by atoms with Crippen molar-refractivity contribution in [3.63, 3.8) is 0 Å². The van der Waals surface area contributed by atoms with E-state index in [-0.39, 0.29) is 5.82 Å². The van der Waals surface area contributed by atoms with Crippen LogP contribution in [0.4, 0.5) is 4.39 Å². The Labute approximate surface area is 112 Å². The van der Waals surface area contributed by atoms with Crippen LogP contribution in [0.5, 0.6) is 0 Å². The Morgan fingerprint density at radius 3 is 2.61 bits per heavy atom. The van der Waals surface area contributed by atoms with Crippen LogP contribution in [0.3, 0.4) is 0 Å². The fourth-order valence-corrected chi connectivity index (χ4v) is 3.14. The zero-order valence-corrected chi connectivity index (χ0v) is 11.1. The van der Waals surface area contributed by atoms with Gasteiger partial charge in [0.25, 0.3) is 0 Å². The molecule has 1 aliphatic carbocycles. The van der Waals surface area contributed by atoms with E-state index in [9.17, 15) is 4.39 Å². The lowest BCUT2D eigenvalue weighted by atomic mass is 9.99. The minimum absolute atomic E-state index is 0.251. The fraction of sp³-hybridized carbons (Fsp3) is 0.571. The number of nitrogens with zero attached hydrogens (tertiary/aromatic N) is 1. The van der Waals surface area contributed by atoms with Crippen molar-refractivity contribution < 1.29 is 4.39 Å². The summed E-state index contributed by atoms with van der Waals surface area (Å²) in [6, 6.07) is 5.20. The highest BCUT2D eigenvalue weighted by atomic mass is 35.5. The van der Waals surface area contributed by atoms with Gasteiger partial charge in [0, 0.05) is 37.2 Å². The van der Waals surface area contributed by atoms with Crippen molar-refractivity contribution in [2.45, 2.75) is 18.9 Å². The first kappa shape index (κ1) is 12.4. The zero-order valence-electron chi connectivity index (χ0n) is 10.3. The minimum Gasteiger partial charge on any atom is -0.314 e. The lowest BCUT2D eigenvalue weighted by molar-refractivity contribution is 0.156. The zero-order chi connectivity index (χ0) is 12.5. The number of nitrogens with one attached hydrogen (secondary N) is 1. The van der Waals surface area contributed by atoms with Crippen molar-refractivity contribution in [1.82, 2.24) is 10.2 Å².